The van der Waals surface area contributed by atoms with Crippen LogP contribution in [0.15, 0.2) is 53.6 Å². The zero-order valence-electron chi connectivity index (χ0n) is 13.3. The van der Waals surface area contributed by atoms with Gasteiger partial charge >= 0.3 is 5.97 Å². The van der Waals surface area contributed by atoms with Crippen LogP contribution in [-0.4, -0.2) is 18.8 Å². The molecule has 0 spiro atoms. The van der Waals surface area contributed by atoms with E-state index in [-0.39, 0.29) is 12.6 Å². The Morgan fingerprint density at radius 3 is 2.70 bits per heavy atom. The maximum absolute atomic E-state index is 11.0. The Balaban J connectivity index is 2.09. The number of anilines is 1. The summed E-state index contributed by atoms with van der Waals surface area (Å²) in [6.07, 6.45) is 1.71. The van der Waals surface area contributed by atoms with Crippen LogP contribution in [0.4, 0.5) is 5.69 Å². The molecule has 0 radical (unpaired) electrons. The first-order valence-electron chi connectivity index (χ1n) is 7.42. The number of ether oxygens (including phenoxy) is 2. The Labute approximate surface area is 135 Å². The van der Waals surface area contributed by atoms with Gasteiger partial charge in [0, 0.05) is 12.5 Å². The predicted octanol–water partition coefficient (Wildman–Crippen LogP) is 3.59. The molecule has 23 heavy (non-hydrogen) atoms. The molecule has 5 heteroatoms. The van der Waals surface area contributed by atoms with Gasteiger partial charge in [-0.25, -0.2) is 0 Å². The lowest BCUT2D eigenvalue weighted by atomic mass is 10.1. The summed E-state index contributed by atoms with van der Waals surface area (Å²) in [5.74, 6) is 0.388. The first-order chi connectivity index (χ1) is 11.2. The van der Waals surface area contributed by atoms with Crippen molar-refractivity contribution >= 4 is 17.9 Å². The molecular weight excluding hydrogens is 292 g/mol. The van der Waals surface area contributed by atoms with E-state index >= 15 is 0 Å². The summed E-state index contributed by atoms with van der Waals surface area (Å²) in [6, 6.07) is 15.3. The van der Waals surface area contributed by atoms with Crippen LogP contribution in [-0.2, 0) is 16.1 Å². The molecule has 0 aliphatic carbocycles. The molecule has 120 valence electrons. The number of esters is 1. The molecule has 0 saturated heterocycles. The quantitative estimate of drug-likeness (QED) is 0.482. The van der Waals surface area contributed by atoms with E-state index in [0.29, 0.717) is 12.4 Å². The predicted molar refractivity (Wildman–Crippen MR) is 90.7 cm³/mol. The SMILES string of the molecule is CCOc1ccc(C=NNc2ccccc2)cc1COC(C)=O. The maximum atomic E-state index is 11.0. The van der Waals surface area contributed by atoms with Gasteiger partial charge in [0.05, 0.1) is 18.5 Å². The van der Waals surface area contributed by atoms with Crippen LogP contribution in [0.3, 0.4) is 0 Å². The number of hydrogen-bond acceptors (Lipinski definition) is 5. The van der Waals surface area contributed by atoms with Gasteiger partial charge in [-0.1, -0.05) is 18.2 Å². The van der Waals surface area contributed by atoms with Crippen LogP contribution in [0.1, 0.15) is 25.0 Å². The average Bonchev–Trinajstić information content (AvgIpc) is 2.56. The first kappa shape index (κ1) is 16.5. The van der Waals surface area contributed by atoms with Crippen LogP contribution >= 0.6 is 0 Å². The minimum atomic E-state index is -0.322. The molecule has 2 aromatic carbocycles. The minimum Gasteiger partial charge on any atom is -0.493 e. The van der Waals surface area contributed by atoms with Gasteiger partial charge in [-0.05, 0) is 42.8 Å². The highest BCUT2D eigenvalue weighted by Crippen LogP contribution is 2.21. The number of benzene rings is 2. The number of hydrazone groups is 1. The van der Waals surface area contributed by atoms with Crippen LogP contribution in [0.25, 0.3) is 0 Å². The fourth-order valence-electron chi connectivity index (χ4n) is 1.96. The second-order valence-electron chi connectivity index (χ2n) is 4.82. The molecule has 1 N–H and O–H groups in total. The highest BCUT2D eigenvalue weighted by Gasteiger charge is 2.06. The highest BCUT2D eigenvalue weighted by molar-refractivity contribution is 5.81. The lowest BCUT2D eigenvalue weighted by Crippen LogP contribution is -2.03. The fraction of sp³-hybridized carbons (Fsp3) is 0.222. The minimum absolute atomic E-state index is 0.179. The molecule has 0 aromatic heterocycles. The number of para-hydroxylation sites is 1. The number of carbonyl (C=O) groups is 1. The van der Waals surface area contributed by atoms with Crippen molar-refractivity contribution in [3.8, 4) is 5.75 Å². The van der Waals surface area contributed by atoms with Gasteiger partial charge < -0.3 is 9.47 Å². The van der Waals surface area contributed by atoms with Gasteiger partial charge in [-0.2, -0.15) is 5.10 Å². The van der Waals surface area contributed by atoms with E-state index in [1.165, 1.54) is 6.92 Å². The largest absolute Gasteiger partial charge is 0.493 e. The third-order valence-corrected chi connectivity index (χ3v) is 3.00. The second kappa shape index (κ2) is 8.58. The van der Waals surface area contributed by atoms with Crippen LogP contribution in [0, 0.1) is 0 Å². The van der Waals surface area contributed by atoms with Gasteiger partial charge in [0.1, 0.15) is 12.4 Å². The van der Waals surface area contributed by atoms with Crippen molar-refractivity contribution < 1.29 is 14.3 Å². The molecule has 0 fully saturated rings. The number of rotatable bonds is 7. The fourth-order valence-corrected chi connectivity index (χ4v) is 1.96. The zero-order valence-corrected chi connectivity index (χ0v) is 13.3. The first-order valence-corrected chi connectivity index (χ1v) is 7.42. The molecule has 0 aliphatic heterocycles. The Morgan fingerprint density at radius 2 is 2.00 bits per heavy atom. The molecule has 2 rings (SSSR count). The number of carbonyl (C=O) groups excluding carboxylic acids is 1. The van der Waals surface area contributed by atoms with E-state index in [1.54, 1.807) is 6.21 Å². The van der Waals surface area contributed by atoms with E-state index in [0.717, 1.165) is 16.8 Å². The lowest BCUT2D eigenvalue weighted by molar-refractivity contribution is -0.142. The maximum Gasteiger partial charge on any atom is 0.302 e. The smallest absolute Gasteiger partial charge is 0.302 e. The van der Waals surface area contributed by atoms with Gasteiger partial charge in [0.25, 0.3) is 0 Å². The third-order valence-electron chi connectivity index (χ3n) is 3.00. The van der Waals surface area contributed by atoms with Crippen molar-refractivity contribution in [2.75, 3.05) is 12.0 Å². The van der Waals surface area contributed by atoms with Crippen molar-refractivity contribution in [1.29, 1.82) is 0 Å². The van der Waals surface area contributed by atoms with E-state index in [9.17, 15) is 4.79 Å². The summed E-state index contributed by atoms with van der Waals surface area (Å²) in [5.41, 5.74) is 5.57. The Morgan fingerprint density at radius 1 is 1.22 bits per heavy atom. The van der Waals surface area contributed by atoms with Crippen molar-refractivity contribution in [2.45, 2.75) is 20.5 Å². The average molecular weight is 312 g/mol. The summed E-state index contributed by atoms with van der Waals surface area (Å²) in [6.45, 7) is 4.03. The van der Waals surface area contributed by atoms with Crippen molar-refractivity contribution in [3.63, 3.8) is 0 Å². The number of nitrogens with zero attached hydrogens (tertiary/aromatic N) is 1. The molecule has 0 unspecified atom stereocenters. The van der Waals surface area contributed by atoms with E-state index in [2.05, 4.69) is 10.5 Å². The molecule has 0 saturated carbocycles. The summed E-state index contributed by atoms with van der Waals surface area (Å²) < 4.78 is 10.6. The van der Waals surface area contributed by atoms with Crippen molar-refractivity contribution in [1.82, 2.24) is 0 Å². The number of nitrogens with one attached hydrogen (secondary N) is 1. The Hall–Kier alpha value is -2.82. The van der Waals surface area contributed by atoms with Crippen LogP contribution in [0.2, 0.25) is 0 Å². The van der Waals surface area contributed by atoms with Crippen molar-refractivity contribution in [2.24, 2.45) is 5.10 Å². The molecule has 0 aliphatic rings. The molecule has 0 amide bonds. The molecule has 2 aromatic rings. The standard InChI is InChI=1S/C18H20N2O3/c1-3-22-18-10-9-15(11-16(18)13-23-14(2)21)12-19-20-17-7-5-4-6-8-17/h4-12,20H,3,13H2,1-2H3. The monoisotopic (exact) mass is 312 g/mol. The summed E-state index contributed by atoms with van der Waals surface area (Å²) >= 11 is 0. The van der Waals surface area contributed by atoms with Gasteiger partial charge in [-0.15, -0.1) is 0 Å². The zero-order chi connectivity index (χ0) is 16.5. The lowest BCUT2D eigenvalue weighted by Gasteiger charge is -2.11. The third kappa shape index (κ3) is 5.47. The van der Waals surface area contributed by atoms with Crippen molar-refractivity contribution in [3.05, 3.63) is 59.7 Å². The molecule has 0 atom stereocenters. The second-order valence-corrected chi connectivity index (χ2v) is 4.82. The van der Waals surface area contributed by atoms with E-state index in [4.69, 9.17) is 9.47 Å². The van der Waals surface area contributed by atoms with E-state index < -0.39 is 0 Å². The highest BCUT2D eigenvalue weighted by atomic mass is 16.5. The number of hydrogen-bond donors (Lipinski definition) is 1. The topological polar surface area (TPSA) is 59.9 Å². The van der Waals surface area contributed by atoms with E-state index in [1.807, 2.05) is 55.5 Å². The van der Waals surface area contributed by atoms with Gasteiger partial charge in [0.2, 0.25) is 0 Å². The summed E-state index contributed by atoms with van der Waals surface area (Å²) in [7, 11) is 0. The molecule has 5 nitrogen and oxygen atoms in total. The Kier molecular flexibility index (Phi) is 6.17. The Bertz CT molecular complexity index is 669. The molecule has 0 heterocycles. The van der Waals surface area contributed by atoms with Gasteiger partial charge in [0.15, 0.2) is 0 Å². The molecular formula is C18H20N2O3. The van der Waals surface area contributed by atoms with Crippen LogP contribution < -0.4 is 10.2 Å². The van der Waals surface area contributed by atoms with Gasteiger partial charge in [-0.3, -0.25) is 10.2 Å². The normalized spacial score (nSPS) is 10.5. The molecule has 0 bridgehead atoms. The van der Waals surface area contributed by atoms with Crippen LogP contribution in [0.5, 0.6) is 5.75 Å². The summed E-state index contributed by atoms with van der Waals surface area (Å²) in [5, 5.41) is 4.20. The summed E-state index contributed by atoms with van der Waals surface area (Å²) in [4.78, 5) is 11.0.